The number of benzene rings is 1. The zero-order chi connectivity index (χ0) is 15.4. The molecule has 0 aliphatic carbocycles. The summed E-state index contributed by atoms with van der Waals surface area (Å²) < 4.78 is 12.1. The summed E-state index contributed by atoms with van der Waals surface area (Å²) in [5.41, 5.74) is 2.00. The van der Waals surface area contributed by atoms with E-state index in [0.717, 1.165) is 23.1 Å². The van der Waals surface area contributed by atoms with Crippen molar-refractivity contribution in [1.29, 1.82) is 0 Å². The monoisotopic (exact) mass is 289 g/mol. The second-order valence-corrected chi connectivity index (χ2v) is 6.66. The van der Waals surface area contributed by atoms with Crippen LogP contribution in [0.15, 0.2) is 18.2 Å². The summed E-state index contributed by atoms with van der Waals surface area (Å²) in [6, 6.07) is 5.74. The Hall–Kier alpha value is -1.53. The van der Waals surface area contributed by atoms with E-state index in [9.17, 15) is 4.79 Å². The van der Waals surface area contributed by atoms with Crippen LogP contribution in [0.5, 0.6) is 0 Å². The third kappa shape index (κ3) is 2.22. The minimum absolute atomic E-state index is 0.371. The van der Waals surface area contributed by atoms with Crippen molar-refractivity contribution in [3.8, 4) is 0 Å². The Kier molecular flexibility index (Phi) is 3.08. The zero-order valence-electron chi connectivity index (χ0n) is 12.8. The highest BCUT2D eigenvalue weighted by atomic mass is 16.7. The first kappa shape index (κ1) is 14.4. The van der Waals surface area contributed by atoms with Crippen molar-refractivity contribution in [2.75, 3.05) is 11.4 Å². The van der Waals surface area contributed by atoms with Gasteiger partial charge in [0.25, 0.3) is 0 Å². The van der Waals surface area contributed by atoms with Crippen LogP contribution in [0.1, 0.15) is 33.3 Å². The molecule has 112 valence electrons. The van der Waals surface area contributed by atoms with E-state index in [0.29, 0.717) is 6.54 Å². The van der Waals surface area contributed by atoms with E-state index in [1.807, 2.05) is 45.9 Å². The summed E-state index contributed by atoms with van der Waals surface area (Å²) in [6.07, 6.45) is -0.174. The molecule has 0 aromatic heterocycles. The number of hydrogen-bond donors (Lipinski definition) is 1. The van der Waals surface area contributed by atoms with E-state index in [-0.39, 0.29) is 11.2 Å². The quantitative estimate of drug-likeness (QED) is 0.804. The average Bonchev–Trinajstić information content (AvgIpc) is 2.87. The summed E-state index contributed by atoms with van der Waals surface area (Å²) in [7, 11) is -0.404. The highest BCUT2D eigenvalue weighted by Gasteiger charge is 2.51. The largest absolute Gasteiger partial charge is 0.494 e. The first-order chi connectivity index (χ1) is 9.71. The van der Waals surface area contributed by atoms with Crippen LogP contribution in [0.2, 0.25) is 0 Å². The molecule has 1 aromatic rings. The summed E-state index contributed by atoms with van der Waals surface area (Å²) >= 11 is 0. The first-order valence-corrected chi connectivity index (χ1v) is 7.20. The predicted octanol–water partition coefficient (Wildman–Crippen LogP) is 2.03. The molecule has 1 aromatic carbocycles. The Morgan fingerprint density at radius 2 is 1.86 bits per heavy atom. The Morgan fingerprint density at radius 1 is 1.24 bits per heavy atom. The Morgan fingerprint density at radius 3 is 2.43 bits per heavy atom. The molecular formula is C15H20BNO4. The number of carbonyl (C=O) groups is 1. The molecule has 2 aliphatic heterocycles. The lowest BCUT2D eigenvalue weighted by Gasteiger charge is -2.32. The molecule has 21 heavy (non-hydrogen) atoms. The number of fused-ring (bicyclic) bond motifs is 1. The zero-order valence-corrected chi connectivity index (χ0v) is 12.8. The van der Waals surface area contributed by atoms with Gasteiger partial charge < -0.3 is 14.4 Å². The third-order valence-electron chi connectivity index (χ3n) is 4.76. The van der Waals surface area contributed by atoms with Gasteiger partial charge in [-0.25, -0.2) is 4.79 Å². The van der Waals surface area contributed by atoms with Gasteiger partial charge in [-0.1, -0.05) is 12.1 Å². The van der Waals surface area contributed by atoms with Gasteiger partial charge in [0, 0.05) is 6.54 Å². The number of hydrogen-bond acceptors (Lipinski definition) is 3. The van der Waals surface area contributed by atoms with Crippen LogP contribution in [0.3, 0.4) is 0 Å². The molecule has 0 saturated carbocycles. The highest BCUT2D eigenvalue weighted by molar-refractivity contribution is 6.62. The van der Waals surface area contributed by atoms with E-state index in [4.69, 9.17) is 14.4 Å². The minimum atomic E-state index is -0.905. The number of nitrogens with zero attached hydrogens (tertiary/aromatic N) is 1. The van der Waals surface area contributed by atoms with Crippen molar-refractivity contribution in [3.05, 3.63) is 23.8 Å². The van der Waals surface area contributed by atoms with E-state index in [2.05, 4.69) is 0 Å². The fourth-order valence-electron chi connectivity index (χ4n) is 2.75. The van der Waals surface area contributed by atoms with Crippen molar-refractivity contribution in [2.24, 2.45) is 0 Å². The maximum absolute atomic E-state index is 11.2. The standard InChI is InChI=1S/C15H20BNO4/c1-14(2)15(3,4)21-16(20-14)11-5-6-12-10(9-11)7-8-17(12)13(18)19/h5-6,9H,7-8H2,1-4H3,(H,18,19). The van der Waals surface area contributed by atoms with E-state index in [1.165, 1.54) is 4.90 Å². The van der Waals surface area contributed by atoms with E-state index >= 15 is 0 Å². The molecule has 1 fully saturated rings. The van der Waals surface area contributed by atoms with Crippen LogP contribution < -0.4 is 10.4 Å². The van der Waals surface area contributed by atoms with Crippen molar-refractivity contribution in [2.45, 2.75) is 45.3 Å². The van der Waals surface area contributed by atoms with Gasteiger partial charge in [0.15, 0.2) is 0 Å². The number of anilines is 1. The Balaban J connectivity index is 1.88. The van der Waals surface area contributed by atoms with Gasteiger partial charge in [-0.05, 0) is 51.2 Å². The van der Waals surface area contributed by atoms with Gasteiger partial charge in [-0.3, -0.25) is 4.90 Å². The molecule has 0 bridgehead atoms. The number of rotatable bonds is 1. The lowest BCUT2D eigenvalue weighted by atomic mass is 9.78. The summed E-state index contributed by atoms with van der Waals surface area (Å²) in [6.45, 7) is 8.59. The molecule has 0 atom stereocenters. The van der Waals surface area contributed by atoms with Crippen molar-refractivity contribution in [1.82, 2.24) is 0 Å². The van der Waals surface area contributed by atoms with Gasteiger partial charge in [0.05, 0.1) is 16.9 Å². The van der Waals surface area contributed by atoms with Crippen molar-refractivity contribution < 1.29 is 19.2 Å². The molecule has 5 nitrogen and oxygen atoms in total. The Bertz CT molecular complexity index is 583. The van der Waals surface area contributed by atoms with E-state index in [1.54, 1.807) is 0 Å². The van der Waals surface area contributed by atoms with Crippen molar-refractivity contribution >= 4 is 24.4 Å². The van der Waals surface area contributed by atoms with Gasteiger partial charge in [-0.15, -0.1) is 0 Å². The topological polar surface area (TPSA) is 59.0 Å². The number of carboxylic acid groups (broad SMARTS) is 1. The average molecular weight is 289 g/mol. The van der Waals surface area contributed by atoms with Crippen LogP contribution in [0.4, 0.5) is 10.5 Å². The Labute approximate surface area is 125 Å². The SMILES string of the molecule is CC1(C)OB(c2ccc3c(c2)CCN3C(=O)O)OC1(C)C. The van der Waals surface area contributed by atoms with E-state index < -0.39 is 13.2 Å². The van der Waals surface area contributed by atoms with Gasteiger partial charge in [0.1, 0.15) is 0 Å². The van der Waals surface area contributed by atoms with Crippen LogP contribution >= 0.6 is 0 Å². The van der Waals surface area contributed by atoms with Crippen LogP contribution in [0.25, 0.3) is 0 Å². The molecule has 2 heterocycles. The van der Waals surface area contributed by atoms with Gasteiger partial charge in [0.2, 0.25) is 0 Å². The normalized spacial score (nSPS) is 22.5. The fraction of sp³-hybridized carbons (Fsp3) is 0.533. The summed E-state index contributed by atoms with van der Waals surface area (Å²) in [5, 5.41) is 9.15. The van der Waals surface area contributed by atoms with Gasteiger partial charge >= 0.3 is 13.2 Å². The lowest BCUT2D eigenvalue weighted by molar-refractivity contribution is 0.00578. The maximum Gasteiger partial charge on any atom is 0.494 e. The maximum atomic E-state index is 11.2. The third-order valence-corrected chi connectivity index (χ3v) is 4.76. The molecule has 0 radical (unpaired) electrons. The molecule has 0 unspecified atom stereocenters. The lowest BCUT2D eigenvalue weighted by Crippen LogP contribution is -2.41. The molecule has 6 heteroatoms. The molecule has 1 saturated heterocycles. The molecule has 1 N–H and O–H groups in total. The summed E-state index contributed by atoms with van der Waals surface area (Å²) in [4.78, 5) is 12.5. The van der Waals surface area contributed by atoms with Crippen LogP contribution in [-0.2, 0) is 15.7 Å². The fourth-order valence-corrected chi connectivity index (χ4v) is 2.75. The second kappa shape index (κ2) is 4.48. The van der Waals surface area contributed by atoms with Crippen LogP contribution in [0, 0.1) is 0 Å². The van der Waals surface area contributed by atoms with Crippen LogP contribution in [-0.4, -0.2) is 36.1 Å². The second-order valence-electron chi connectivity index (χ2n) is 6.66. The predicted molar refractivity (Wildman–Crippen MR) is 81.2 cm³/mol. The molecular weight excluding hydrogens is 269 g/mol. The first-order valence-electron chi connectivity index (χ1n) is 7.20. The number of amides is 1. The molecule has 3 rings (SSSR count). The molecule has 1 amide bonds. The smallest absolute Gasteiger partial charge is 0.465 e. The van der Waals surface area contributed by atoms with Crippen molar-refractivity contribution in [3.63, 3.8) is 0 Å². The minimum Gasteiger partial charge on any atom is -0.465 e. The molecule has 0 spiro atoms. The van der Waals surface area contributed by atoms with Gasteiger partial charge in [-0.2, -0.15) is 0 Å². The molecule has 2 aliphatic rings. The highest BCUT2D eigenvalue weighted by Crippen LogP contribution is 2.37. The summed E-state index contributed by atoms with van der Waals surface area (Å²) in [5.74, 6) is 0.